The molecule has 7 heteroatoms. The fourth-order valence-electron chi connectivity index (χ4n) is 11.8. The van der Waals surface area contributed by atoms with Gasteiger partial charge in [0, 0.05) is 44.6 Å². The molecule has 7 fully saturated rings. The standard InChI is InChI=1S/C34H55N3O4/c1-21-7-12-34(40-20-21)22(2)31-28(41-34)18-27-25-6-5-23-17-24(8-10-32(23,3)26(25)9-11-33(27,31)4)36-29(38)19-30(39)37-15-13-35-14-16-37/h21-28,31,35H,5-20H2,1-4H3,(H,36,38)/t21-,22+,23-,24+,25-,26+,27+,28+,31+,32+,33+,34-/m1/s1. The van der Waals surface area contributed by atoms with Gasteiger partial charge < -0.3 is 25.0 Å². The van der Waals surface area contributed by atoms with Gasteiger partial charge in [-0.3, -0.25) is 9.59 Å². The molecular weight excluding hydrogens is 514 g/mol. The van der Waals surface area contributed by atoms with Crippen molar-refractivity contribution in [1.29, 1.82) is 0 Å². The van der Waals surface area contributed by atoms with E-state index in [-0.39, 0.29) is 30.1 Å². The number of amides is 2. The van der Waals surface area contributed by atoms with Gasteiger partial charge in [-0.05, 0) is 104 Å². The molecule has 7 rings (SSSR count). The molecule has 1 spiro atoms. The van der Waals surface area contributed by atoms with Crippen LogP contribution in [0.2, 0.25) is 0 Å². The molecule has 2 amide bonds. The number of nitrogens with zero attached hydrogens (tertiary/aromatic N) is 1. The maximum atomic E-state index is 12.8. The van der Waals surface area contributed by atoms with E-state index in [2.05, 4.69) is 38.3 Å². The minimum Gasteiger partial charge on any atom is -0.353 e. The summed E-state index contributed by atoms with van der Waals surface area (Å²) in [7, 11) is 0. The summed E-state index contributed by atoms with van der Waals surface area (Å²) in [6.45, 7) is 13.9. The average Bonchev–Trinajstić information content (AvgIpc) is 3.40. The van der Waals surface area contributed by atoms with E-state index in [0.29, 0.717) is 53.7 Å². The Morgan fingerprint density at radius 1 is 0.927 bits per heavy atom. The lowest BCUT2D eigenvalue weighted by Gasteiger charge is -2.61. The zero-order valence-electron chi connectivity index (χ0n) is 26.1. The van der Waals surface area contributed by atoms with Crippen molar-refractivity contribution in [2.75, 3.05) is 32.8 Å². The molecule has 0 aromatic rings. The van der Waals surface area contributed by atoms with Gasteiger partial charge in [-0.25, -0.2) is 0 Å². The minimum atomic E-state index is -0.325. The highest BCUT2D eigenvalue weighted by Gasteiger charge is 2.69. The molecule has 2 N–H and O–H groups in total. The summed E-state index contributed by atoms with van der Waals surface area (Å²) < 4.78 is 13.5. The van der Waals surface area contributed by atoms with Gasteiger partial charge in [0.05, 0.1) is 12.7 Å². The normalized spacial score (nSPS) is 50.9. The number of carbonyl (C=O) groups is 2. The maximum Gasteiger partial charge on any atom is 0.232 e. The molecule has 0 aromatic carbocycles. The smallest absolute Gasteiger partial charge is 0.232 e. The van der Waals surface area contributed by atoms with Gasteiger partial charge in [-0.2, -0.15) is 0 Å². The van der Waals surface area contributed by atoms with E-state index in [9.17, 15) is 9.59 Å². The first-order valence-electron chi connectivity index (χ1n) is 17.2. The summed E-state index contributed by atoms with van der Waals surface area (Å²) in [6.07, 6.45) is 12.5. The van der Waals surface area contributed by atoms with Crippen molar-refractivity contribution in [3.05, 3.63) is 0 Å². The number of nitrogens with one attached hydrogen (secondary N) is 2. The van der Waals surface area contributed by atoms with Crippen molar-refractivity contribution in [1.82, 2.24) is 15.5 Å². The van der Waals surface area contributed by atoms with Crippen LogP contribution in [-0.2, 0) is 19.1 Å². The Morgan fingerprint density at radius 2 is 1.71 bits per heavy atom. The van der Waals surface area contributed by atoms with Crippen molar-refractivity contribution in [3.63, 3.8) is 0 Å². The van der Waals surface area contributed by atoms with Gasteiger partial charge in [0.2, 0.25) is 11.8 Å². The molecule has 3 saturated heterocycles. The minimum absolute atomic E-state index is 0.00241. The van der Waals surface area contributed by atoms with E-state index in [1.807, 2.05) is 4.90 Å². The summed E-state index contributed by atoms with van der Waals surface area (Å²) in [6, 6.07) is 0.219. The Balaban J connectivity index is 0.984. The Morgan fingerprint density at radius 3 is 2.46 bits per heavy atom. The quantitative estimate of drug-likeness (QED) is 0.480. The van der Waals surface area contributed by atoms with Crippen LogP contribution in [0.5, 0.6) is 0 Å². The van der Waals surface area contributed by atoms with E-state index in [1.54, 1.807) is 0 Å². The second-order valence-corrected chi connectivity index (χ2v) is 16.0. The molecular formula is C34H55N3O4. The number of fused-ring (bicyclic) bond motifs is 7. The summed E-state index contributed by atoms with van der Waals surface area (Å²) in [4.78, 5) is 27.3. The maximum absolute atomic E-state index is 12.8. The fourth-order valence-corrected chi connectivity index (χ4v) is 11.8. The van der Waals surface area contributed by atoms with Gasteiger partial charge in [-0.1, -0.05) is 27.7 Å². The first kappa shape index (κ1) is 28.6. The molecule has 3 aliphatic heterocycles. The molecule has 230 valence electrons. The van der Waals surface area contributed by atoms with Gasteiger partial charge in [0.1, 0.15) is 6.42 Å². The second-order valence-electron chi connectivity index (χ2n) is 16.0. The monoisotopic (exact) mass is 569 g/mol. The third-order valence-corrected chi connectivity index (χ3v) is 14.1. The molecule has 0 aromatic heterocycles. The summed E-state index contributed by atoms with van der Waals surface area (Å²) in [5, 5.41) is 6.56. The predicted octanol–water partition coefficient (Wildman–Crippen LogP) is 4.74. The third kappa shape index (κ3) is 4.61. The second kappa shape index (κ2) is 10.5. The molecule has 0 bridgehead atoms. The zero-order chi connectivity index (χ0) is 28.6. The molecule has 41 heavy (non-hydrogen) atoms. The Hall–Kier alpha value is -1.18. The van der Waals surface area contributed by atoms with Crippen LogP contribution < -0.4 is 10.6 Å². The van der Waals surface area contributed by atoms with Crippen molar-refractivity contribution >= 4 is 11.8 Å². The highest BCUT2D eigenvalue weighted by molar-refractivity contribution is 5.97. The lowest BCUT2D eigenvalue weighted by molar-refractivity contribution is -0.273. The van der Waals surface area contributed by atoms with Crippen LogP contribution in [0.15, 0.2) is 0 Å². The Kier molecular flexibility index (Phi) is 7.30. The van der Waals surface area contributed by atoms with Crippen LogP contribution in [0, 0.1) is 52.3 Å². The lowest BCUT2D eigenvalue weighted by atomic mass is 9.44. The molecule has 12 atom stereocenters. The van der Waals surface area contributed by atoms with Crippen LogP contribution >= 0.6 is 0 Å². The van der Waals surface area contributed by atoms with Crippen molar-refractivity contribution in [2.24, 2.45) is 52.3 Å². The molecule has 4 aliphatic carbocycles. The van der Waals surface area contributed by atoms with E-state index >= 15 is 0 Å². The van der Waals surface area contributed by atoms with Crippen LogP contribution in [0.3, 0.4) is 0 Å². The lowest BCUT2D eigenvalue weighted by Crippen LogP contribution is -2.56. The van der Waals surface area contributed by atoms with Crippen molar-refractivity contribution in [3.8, 4) is 0 Å². The number of ether oxygens (including phenoxy) is 2. The number of piperazine rings is 1. The molecule has 7 aliphatic rings. The molecule has 7 nitrogen and oxygen atoms in total. The highest BCUT2D eigenvalue weighted by atomic mass is 16.7. The Labute approximate surface area is 247 Å². The number of carbonyl (C=O) groups excluding carboxylic acids is 2. The first-order chi connectivity index (χ1) is 19.6. The molecule has 4 saturated carbocycles. The van der Waals surface area contributed by atoms with E-state index < -0.39 is 0 Å². The van der Waals surface area contributed by atoms with Crippen molar-refractivity contribution in [2.45, 2.75) is 116 Å². The largest absolute Gasteiger partial charge is 0.353 e. The summed E-state index contributed by atoms with van der Waals surface area (Å²) in [5.74, 6) is 4.37. The van der Waals surface area contributed by atoms with Crippen LogP contribution in [-0.4, -0.2) is 67.4 Å². The SMILES string of the molecule is C[C@@H]1CC[C@@]2(OC1)O[C@H]1C[C@H]3[C@@H]4CC[C@@H]5C[C@@H](NC(=O)CC(=O)N6CCNCC6)CC[C@]5(C)[C@H]4CC[C@]3(C)[C@H]1[C@@H]2C. The predicted molar refractivity (Wildman–Crippen MR) is 158 cm³/mol. The molecule has 0 radical (unpaired) electrons. The van der Waals surface area contributed by atoms with Crippen LogP contribution in [0.4, 0.5) is 0 Å². The van der Waals surface area contributed by atoms with Gasteiger partial charge >= 0.3 is 0 Å². The van der Waals surface area contributed by atoms with E-state index in [4.69, 9.17) is 9.47 Å². The van der Waals surface area contributed by atoms with Gasteiger partial charge in [0.25, 0.3) is 0 Å². The van der Waals surface area contributed by atoms with Crippen molar-refractivity contribution < 1.29 is 19.1 Å². The van der Waals surface area contributed by atoms with E-state index in [0.717, 1.165) is 56.7 Å². The number of hydrogen-bond donors (Lipinski definition) is 2. The fraction of sp³-hybridized carbons (Fsp3) is 0.941. The van der Waals surface area contributed by atoms with Crippen LogP contribution in [0.25, 0.3) is 0 Å². The van der Waals surface area contributed by atoms with Gasteiger partial charge in [0.15, 0.2) is 5.79 Å². The number of hydrogen-bond acceptors (Lipinski definition) is 5. The summed E-state index contributed by atoms with van der Waals surface area (Å²) >= 11 is 0. The van der Waals surface area contributed by atoms with E-state index in [1.165, 1.54) is 44.9 Å². The Bertz CT molecular complexity index is 1020. The topological polar surface area (TPSA) is 79.9 Å². The highest BCUT2D eigenvalue weighted by Crippen LogP contribution is 2.71. The summed E-state index contributed by atoms with van der Waals surface area (Å²) in [5.41, 5.74) is 0.739. The molecule has 0 unspecified atom stereocenters. The van der Waals surface area contributed by atoms with Gasteiger partial charge in [-0.15, -0.1) is 0 Å². The average molecular weight is 570 g/mol. The third-order valence-electron chi connectivity index (χ3n) is 14.1. The first-order valence-corrected chi connectivity index (χ1v) is 17.2. The molecule has 3 heterocycles. The van der Waals surface area contributed by atoms with Crippen LogP contribution in [0.1, 0.15) is 98.3 Å². The zero-order valence-corrected chi connectivity index (χ0v) is 26.1. The number of rotatable bonds is 3.